The van der Waals surface area contributed by atoms with Gasteiger partial charge in [0.25, 0.3) is 5.91 Å². The molecule has 0 aliphatic heterocycles. The molecule has 1 aromatic rings. The van der Waals surface area contributed by atoms with E-state index in [4.69, 9.17) is 0 Å². The maximum Gasteiger partial charge on any atom is 0.307 e. The monoisotopic (exact) mass is 288 g/mol. The summed E-state index contributed by atoms with van der Waals surface area (Å²) >= 11 is 0. The number of carbonyl (C=O) groups is 1. The molecule has 0 radical (unpaired) electrons. The summed E-state index contributed by atoms with van der Waals surface area (Å²) in [4.78, 5) is 21.0. The van der Waals surface area contributed by atoms with Crippen LogP contribution in [0, 0.1) is 21.7 Å². The van der Waals surface area contributed by atoms with Crippen molar-refractivity contribution < 1.29 is 23.6 Å². The summed E-state index contributed by atoms with van der Waals surface area (Å²) in [7, 11) is 0. The third kappa shape index (κ3) is 3.70. The van der Waals surface area contributed by atoms with Crippen molar-refractivity contribution in [3.8, 4) is 0 Å². The Kier molecular flexibility index (Phi) is 4.72. The topological polar surface area (TPSA) is 92.5 Å². The molecule has 1 atom stereocenters. The first-order valence-corrected chi connectivity index (χ1v) is 5.82. The molecule has 0 aromatic heterocycles. The Morgan fingerprint density at radius 2 is 2.05 bits per heavy atom. The molecule has 0 saturated carbocycles. The van der Waals surface area contributed by atoms with Crippen molar-refractivity contribution in [2.45, 2.75) is 25.9 Å². The first-order chi connectivity index (χ1) is 9.18. The highest BCUT2D eigenvalue weighted by molar-refractivity contribution is 5.94. The van der Waals surface area contributed by atoms with Crippen molar-refractivity contribution in [2.75, 3.05) is 6.54 Å². The largest absolute Gasteiger partial charge is 0.388 e. The molecule has 1 aromatic carbocycles. The first-order valence-electron chi connectivity index (χ1n) is 5.82. The van der Waals surface area contributed by atoms with Crippen molar-refractivity contribution in [3.63, 3.8) is 0 Å². The normalized spacial score (nSPS) is 13.7. The van der Waals surface area contributed by atoms with Crippen LogP contribution >= 0.6 is 0 Å². The van der Waals surface area contributed by atoms with Gasteiger partial charge in [-0.1, -0.05) is 6.92 Å². The summed E-state index contributed by atoms with van der Waals surface area (Å²) in [5, 5.41) is 22.3. The number of nitro benzene ring substituents is 1. The molecule has 8 heteroatoms. The predicted molar refractivity (Wildman–Crippen MR) is 66.3 cm³/mol. The summed E-state index contributed by atoms with van der Waals surface area (Å²) in [5.74, 6) is -3.46. The molecular formula is C12H14F2N2O4. The Morgan fingerprint density at radius 3 is 2.55 bits per heavy atom. The molecule has 0 aliphatic carbocycles. The Labute approximate surface area is 113 Å². The number of rotatable bonds is 5. The molecule has 6 nitrogen and oxygen atoms in total. The van der Waals surface area contributed by atoms with Crippen LogP contribution in [0.2, 0.25) is 0 Å². The van der Waals surface area contributed by atoms with Crippen molar-refractivity contribution in [2.24, 2.45) is 0 Å². The predicted octanol–water partition coefficient (Wildman–Crippen LogP) is 1.76. The van der Waals surface area contributed by atoms with Gasteiger partial charge in [0.15, 0.2) is 0 Å². The fourth-order valence-electron chi connectivity index (χ4n) is 1.34. The lowest BCUT2D eigenvalue weighted by molar-refractivity contribution is -0.387. The minimum atomic E-state index is -1.30. The molecule has 0 spiro atoms. The van der Waals surface area contributed by atoms with Crippen molar-refractivity contribution in [3.05, 3.63) is 39.4 Å². The van der Waals surface area contributed by atoms with E-state index in [2.05, 4.69) is 5.32 Å². The molecule has 0 saturated heterocycles. The molecule has 1 rings (SSSR count). The van der Waals surface area contributed by atoms with Gasteiger partial charge in [0.05, 0.1) is 22.2 Å². The number of carbonyl (C=O) groups excluding carboxylic acids is 1. The van der Waals surface area contributed by atoms with E-state index < -0.39 is 39.3 Å². The SMILES string of the molecule is CCC(C)(O)CNC(=O)c1cc(F)c([N+](=O)[O-])cc1F. The van der Waals surface area contributed by atoms with Gasteiger partial charge in [0, 0.05) is 6.54 Å². The number of nitrogens with zero attached hydrogens (tertiary/aromatic N) is 1. The average Bonchev–Trinajstić information content (AvgIpc) is 2.38. The highest BCUT2D eigenvalue weighted by Gasteiger charge is 2.24. The van der Waals surface area contributed by atoms with Crippen LogP contribution in [0.5, 0.6) is 0 Å². The van der Waals surface area contributed by atoms with Crippen LogP contribution in [-0.2, 0) is 0 Å². The highest BCUT2D eigenvalue weighted by atomic mass is 19.1. The summed E-state index contributed by atoms with van der Waals surface area (Å²) in [5.41, 5.74) is -2.87. The van der Waals surface area contributed by atoms with Crippen LogP contribution in [0.4, 0.5) is 14.5 Å². The number of hydrogen-bond acceptors (Lipinski definition) is 4. The van der Waals surface area contributed by atoms with Gasteiger partial charge >= 0.3 is 5.69 Å². The lowest BCUT2D eigenvalue weighted by Gasteiger charge is -2.21. The van der Waals surface area contributed by atoms with Gasteiger partial charge in [0.2, 0.25) is 5.82 Å². The van der Waals surface area contributed by atoms with Gasteiger partial charge in [-0.25, -0.2) is 4.39 Å². The molecule has 110 valence electrons. The molecule has 0 bridgehead atoms. The number of aliphatic hydroxyl groups is 1. The van der Waals surface area contributed by atoms with Gasteiger partial charge in [0.1, 0.15) is 5.82 Å². The number of nitro groups is 1. The van der Waals surface area contributed by atoms with E-state index in [1.54, 1.807) is 6.92 Å². The molecule has 2 N–H and O–H groups in total. The highest BCUT2D eigenvalue weighted by Crippen LogP contribution is 2.21. The Balaban J connectivity index is 2.95. The quantitative estimate of drug-likeness (QED) is 0.638. The maximum absolute atomic E-state index is 13.5. The lowest BCUT2D eigenvalue weighted by atomic mass is 10.0. The first kappa shape index (κ1) is 16.0. The molecule has 1 amide bonds. The molecular weight excluding hydrogens is 274 g/mol. The number of benzene rings is 1. The van der Waals surface area contributed by atoms with Crippen LogP contribution in [0.25, 0.3) is 0 Å². The smallest absolute Gasteiger partial charge is 0.307 e. The van der Waals surface area contributed by atoms with Crippen molar-refractivity contribution in [1.29, 1.82) is 0 Å². The molecule has 20 heavy (non-hydrogen) atoms. The van der Waals surface area contributed by atoms with Crippen LogP contribution in [0.3, 0.4) is 0 Å². The van der Waals surface area contributed by atoms with E-state index in [0.717, 1.165) is 0 Å². The summed E-state index contributed by atoms with van der Waals surface area (Å²) < 4.78 is 26.9. The maximum atomic E-state index is 13.5. The summed E-state index contributed by atoms with van der Waals surface area (Å²) in [6.45, 7) is 3.01. The van der Waals surface area contributed by atoms with E-state index >= 15 is 0 Å². The summed E-state index contributed by atoms with van der Waals surface area (Å²) in [6.07, 6.45) is 0.352. The second kappa shape index (κ2) is 5.91. The van der Waals surface area contributed by atoms with Crippen LogP contribution in [0.15, 0.2) is 12.1 Å². The second-order valence-electron chi connectivity index (χ2n) is 4.57. The zero-order chi connectivity index (χ0) is 15.5. The standard InChI is InChI=1S/C12H14F2N2O4/c1-3-12(2,18)6-15-11(17)7-4-9(14)10(16(19)20)5-8(7)13/h4-5,18H,3,6H2,1-2H3,(H,15,17). The van der Waals surface area contributed by atoms with Gasteiger partial charge in [-0.2, -0.15) is 4.39 Å². The third-order valence-corrected chi connectivity index (χ3v) is 2.87. The summed E-state index contributed by atoms with van der Waals surface area (Å²) in [6, 6.07) is 0.811. The van der Waals surface area contributed by atoms with Gasteiger partial charge in [-0.3, -0.25) is 14.9 Å². The van der Waals surface area contributed by atoms with Crippen LogP contribution in [-0.4, -0.2) is 28.1 Å². The number of amides is 1. The van der Waals surface area contributed by atoms with E-state index in [-0.39, 0.29) is 6.54 Å². The van der Waals surface area contributed by atoms with E-state index in [0.29, 0.717) is 18.6 Å². The fraction of sp³-hybridized carbons (Fsp3) is 0.417. The van der Waals surface area contributed by atoms with Crippen LogP contribution < -0.4 is 5.32 Å². The third-order valence-electron chi connectivity index (χ3n) is 2.87. The van der Waals surface area contributed by atoms with Crippen molar-refractivity contribution >= 4 is 11.6 Å². The van der Waals surface area contributed by atoms with Crippen molar-refractivity contribution in [1.82, 2.24) is 5.32 Å². The number of halogens is 2. The second-order valence-corrected chi connectivity index (χ2v) is 4.57. The van der Waals surface area contributed by atoms with Crippen LogP contribution in [0.1, 0.15) is 30.6 Å². The van der Waals surface area contributed by atoms with Gasteiger partial charge in [-0.05, 0) is 19.4 Å². The minimum Gasteiger partial charge on any atom is -0.388 e. The lowest BCUT2D eigenvalue weighted by Crippen LogP contribution is -2.40. The zero-order valence-electron chi connectivity index (χ0n) is 10.9. The zero-order valence-corrected chi connectivity index (χ0v) is 10.9. The Bertz CT molecular complexity index is 547. The Hall–Kier alpha value is -2.09. The molecule has 1 unspecified atom stereocenters. The molecule has 0 fully saturated rings. The average molecular weight is 288 g/mol. The number of nitrogens with one attached hydrogen (secondary N) is 1. The molecule has 0 heterocycles. The van der Waals surface area contributed by atoms with E-state index in [1.165, 1.54) is 6.92 Å². The fourth-order valence-corrected chi connectivity index (χ4v) is 1.34. The minimum absolute atomic E-state index is 0.152. The molecule has 0 aliphatic rings. The van der Waals surface area contributed by atoms with Gasteiger partial charge in [-0.15, -0.1) is 0 Å². The number of hydrogen-bond donors (Lipinski definition) is 2. The van der Waals surface area contributed by atoms with E-state index in [1.807, 2.05) is 0 Å². The Morgan fingerprint density at radius 1 is 1.45 bits per heavy atom. The van der Waals surface area contributed by atoms with E-state index in [9.17, 15) is 28.8 Å². The van der Waals surface area contributed by atoms with Gasteiger partial charge < -0.3 is 10.4 Å².